The molecule has 1 aromatic heterocycles. The van der Waals surface area contributed by atoms with Crippen LogP contribution in [0.1, 0.15) is 50.2 Å². The second-order valence-corrected chi connectivity index (χ2v) is 9.68. The number of nitrogens with zero attached hydrogens (tertiary/aromatic N) is 3. The van der Waals surface area contributed by atoms with Gasteiger partial charge in [-0.1, -0.05) is 62.6 Å². The number of amidine groups is 1. The molecule has 5 heteroatoms. The van der Waals surface area contributed by atoms with Crippen LogP contribution in [0.25, 0.3) is 17.0 Å². The highest BCUT2D eigenvalue weighted by atomic mass is 32.2. The van der Waals surface area contributed by atoms with Gasteiger partial charge in [0.25, 0.3) is 5.91 Å². The maximum absolute atomic E-state index is 13.7. The summed E-state index contributed by atoms with van der Waals surface area (Å²) in [6, 6.07) is 16.8. The van der Waals surface area contributed by atoms with Crippen LogP contribution in [0.4, 0.5) is 5.69 Å². The number of carbonyl (C=O) groups is 1. The molecule has 0 spiro atoms. The number of aryl methyl sites for hydroxylation is 2. The number of aromatic nitrogens is 1. The van der Waals surface area contributed by atoms with E-state index >= 15 is 0 Å². The second kappa shape index (κ2) is 8.99. The lowest BCUT2D eigenvalue weighted by Crippen LogP contribution is -2.40. The molecule has 164 valence electrons. The molecule has 0 unspecified atom stereocenters. The third kappa shape index (κ3) is 3.90. The van der Waals surface area contributed by atoms with Crippen LogP contribution in [-0.4, -0.2) is 26.6 Å². The lowest BCUT2D eigenvalue weighted by molar-refractivity contribution is -0.124. The summed E-state index contributed by atoms with van der Waals surface area (Å²) in [5.41, 5.74) is 4.43. The lowest BCUT2D eigenvalue weighted by Gasteiger charge is -2.30. The molecule has 2 aromatic carbocycles. The van der Waals surface area contributed by atoms with Crippen molar-refractivity contribution in [2.75, 3.05) is 0 Å². The lowest BCUT2D eigenvalue weighted by atomic mass is 9.94. The second-order valence-electron chi connectivity index (χ2n) is 8.67. The molecule has 0 radical (unpaired) electrons. The summed E-state index contributed by atoms with van der Waals surface area (Å²) >= 11 is 1.53. The van der Waals surface area contributed by atoms with E-state index < -0.39 is 0 Å². The molecule has 1 amide bonds. The van der Waals surface area contributed by atoms with Crippen LogP contribution in [0.5, 0.6) is 0 Å². The predicted molar refractivity (Wildman–Crippen MR) is 135 cm³/mol. The Balaban J connectivity index is 1.57. The molecule has 0 atom stereocenters. The van der Waals surface area contributed by atoms with E-state index in [4.69, 9.17) is 4.99 Å². The standard InChI is InChI=1S/C27H29N3OS/c1-3-19-11-7-9-15-23(19)28-27-30(21-12-5-4-6-13-21)26(31)25(32-27)17-20-18-29(2)24-16-10-8-14-22(20)24/h7-11,14-18,21H,3-6,12-13H2,1-2H3/b25-17+,28-27?. The highest BCUT2D eigenvalue weighted by Crippen LogP contribution is 2.39. The van der Waals surface area contributed by atoms with Gasteiger partial charge in [-0.05, 0) is 54.8 Å². The summed E-state index contributed by atoms with van der Waals surface area (Å²) < 4.78 is 2.12. The topological polar surface area (TPSA) is 37.6 Å². The fourth-order valence-corrected chi connectivity index (χ4v) is 5.92. The van der Waals surface area contributed by atoms with Crippen LogP contribution >= 0.6 is 11.8 Å². The van der Waals surface area contributed by atoms with Crippen LogP contribution in [0.2, 0.25) is 0 Å². The Morgan fingerprint density at radius 1 is 1.06 bits per heavy atom. The van der Waals surface area contributed by atoms with Crippen molar-refractivity contribution in [2.24, 2.45) is 12.0 Å². The summed E-state index contributed by atoms with van der Waals surface area (Å²) in [4.78, 5) is 21.4. The van der Waals surface area contributed by atoms with Crippen LogP contribution in [0, 0.1) is 0 Å². The molecule has 2 aliphatic rings. The Hall–Kier alpha value is -2.79. The minimum atomic E-state index is 0.0996. The minimum absolute atomic E-state index is 0.0996. The zero-order chi connectivity index (χ0) is 22.1. The zero-order valence-corrected chi connectivity index (χ0v) is 19.6. The molecule has 0 N–H and O–H groups in total. The SMILES string of the molecule is CCc1ccccc1N=C1S/C(=C/c2cn(C)c3ccccc23)C(=O)N1C1CCCCC1. The average molecular weight is 444 g/mol. The van der Waals surface area contributed by atoms with Gasteiger partial charge in [0.05, 0.1) is 10.6 Å². The van der Waals surface area contributed by atoms with Crippen molar-refractivity contribution in [1.82, 2.24) is 9.47 Å². The molecule has 1 aliphatic heterocycles. The van der Waals surface area contributed by atoms with E-state index in [9.17, 15) is 4.79 Å². The van der Waals surface area contributed by atoms with E-state index in [1.165, 1.54) is 47.5 Å². The molecule has 1 saturated heterocycles. The highest BCUT2D eigenvalue weighted by molar-refractivity contribution is 8.18. The fraction of sp³-hybridized carbons (Fsp3) is 0.333. The first kappa shape index (κ1) is 21.1. The number of fused-ring (bicyclic) bond motifs is 1. The number of carbonyl (C=O) groups excluding carboxylic acids is 1. The molecule has 4 nitrogen and oxygen atoms in total. The van der Waals surface area contributed by atoms with E-state index in [-0.39, 0.29) is 11.9 Å². The summed E-state index contributed by atoms with van der Waals surface area (Å²) in [6.07, 6.45) is 10.8. The fourth-order valence-electron chi connectivity index (χ4n) is 4.88. The van der Waals surface area contributed by atoms with Crippen LogP contribution in [0.15, 0.2) is 64.6 Å². The maximum Gasteiger partial charge on any atom is 0.267 e. The first-order valence-corrected chi connectivity index (χ1v) is 12.4. The summed E-state index contributed by atoms with van der Waals surface area (Å²) in [7, 11) is 2.05. The predicted octanol–water partition coefficient (Wildman–Crippen LogP) is 6.68. The number of rotatable bonds is 4. The summed E-state index contributed by atoms with van der Waals surface area (Å²) in [5.74, 6) is 0.0996. The van der Waals surface area contributed by atoms with Crippen LogP contribution < -0.4 is 0 Å². The van der Waals surface area contributed by atoms with Gasteiger partial charge < -0.3 is 4.57 Å². The number of thioether (sulfide) groups is 1. The average Bonchev–Trinajstić information content (AvgIpc) is 3.31. The van der Waals surface area contributed by atoms with Gasteiger partial charge in [0, 0.05) is 35.8 Å². The Labute approximate surface area is 194 Å². The van der Waals surface area contributed by atoms with E-state index in [1.807, 2.05) is 11.0 Å². The van der Waals surface area contributed by atoms with Gasteiger partial charge in [0.15, 0.2) is 5.17 Å². The Bertz CT molecular complexity index is 1220. The van der Waals surface area contributed by atoms with Gasteiger partial charge >= 0.3 is 0 Å². The van der Waals surface area contributed by atoms with Gasteiger partial charge in [-0.2, -0.15) is 0 Å². The molecule has 32 heavy (non-hydrogen) atoms. The monoisotopic (exact) mass is 443 g/mol. The number of para-hydroxylation sites is 2. The molecule has 2 fully saturated rings. The molecule has 5 rings (SSSR count). The van der Waals surface area contributed by atoms with Crippen molar-refractivity contribution in [3.8, 4) is 0 Å². The number of hydrogen-bond donors (Lipinski definition) is 0. The van der Waals surface area contributed by atoms with Gasteiger partial charge in [-0.3, -0.25) is 9.69 Å². The van der Waals surface area contributed by atoms with E-state index in [0.717, 1.165) is 40.6 Å². The molecular weight excluding hydrogens is 414 g/mol. The molecule has 1 saturated carbocycles. The Kier molecular flexibility index (Phi) is 5.92. The van der Waals surface area contributed by atoms with Crippen molar-refractivity contribution >= 4 is 45.5 Å². The molecule has 3 aromatic rings. The first-order chi connectivity index (χ1) is 15.7. The third-order valence-electron chi connectivity index (χ3n) is 6.58. The van der Waals surface area contributed by atoms with E-state index in [1.54, 1.807) is 0 Å². The van der Waals surface area contributed by atoms with E-state index in [0.29, 0.717) is 0 Å². The van der Waals surface area contributed by atoms with E-state index in [2.05, 4.69) is 73.3 Å². The van der Waals surface area contributed by atoms with Crippen molar-refractivity contribution in [1.29, 1.82) is 0 Å². The number of amides is 1. The highest BCUT2D eigenvalue weighted by Gasteiger charge is 2.38. The van der Waals surface area contributed by atoms with Crippen molar-refractivity contribution < 1.29 is 4.79 Å². The number of benzene rings is 2. The largest absolute Gasteiger partial charge is 0.350 e. The van der Waals surface area contributed by atoms with Crippen molar-refractivity contribution in [2.45, 2.75) is 51.5 Å². The normalized spacial score (nSPS) is 20.2. The number of aliphatic imine (C=N–C) groups is 1. The molecular formula is C27H29N3OS. The third-order valence-corrected chi connectivity index (χ3v) is 7.56. The molecule has 0 bridgehead atoms. The van der Waals surface area contributed by atoms with Crippen molar-refractivity contribution in [3.05, 3.63) is 70.8 Å². The van der Waals surface area contributed by atoms with Gasteiger partial charge in [-0.25, -0.2) is 4.99 Å². The number of hydrogen-bond acceptors (Lipinski definition) is 3. The Morgan fingerprint density at radius 2 is 1.81 bits per heavy atom. The quantitative estimate of drug-likeness (QED) is 0.422. The van der Waals surface area contributed by atoms with Crippen LogP contribution in [-0.2, 0) is 18.3 Å². The summed E-state index contributed by atoms with van der Waals surface area (Å²) in [5, 5.41) is 2.00. The van der Waals surface area contributed by atoms with Gasteiger partial charge in [-0.15, -0.1) is 0 Å². The van der Waals surface area contributed by atoms with Gasteiger partial charge in [0.2, 0.25) is 0 Å². The molecule has 2 heterocycles. The summed E-state index contributed by atoms with van der Waals surface area (Å²) in [6.45, 7) is 2.15. The van der Waals surface area contributed by atoms with Crippen molar-refractivity contribution in [3.63, 3.8) is 0 Å². The maximum atomic E-state index is 13.7. The Morgan fingerprint density at radius 3 is 2.62 bits per heavy atom. The minimum Gasteiger partial charge on any atom is -0.350 e. The zero-order valence-electron chi connectivity index (χ0n) is 18.8. The van der Waals surface area contributed by atoms with Crippen LogP contribution in [0.3, 0.4) is 0 Å². The van der Waals surface area contributed by atoms with Gasteiger partial charge in [0.1, 0.15) is 0 Å². The molecule has 1 aliphatic carbocycles. The smallest absolute Gasteiger partial charge is 0.267 e. The first-order valence-electron chi connectivity index (χ1n) is 11.6.